The van der Waals surface area contributed by atoms with Gasteiger partial charge in [-0.05, 0) is 73.2 Å². The van der Waals surface area contributed by atoms with Gasteiger partial charge in [0.05, 0.1) is 60.0 Å². The lowest BCUT2D eigenvalue weighted by molar-refractivity contribution is -0.138. The molecule has 6 rings (SSSR count). The van der Waals surface area contributed by atoms with Crippen LogP contribution in [0, 0.1) is 31.6 Å². The Morgan fingerprint density at radius 3 is 1.66 bits per heavy atom. The molecule has 0 aliphatic rings. The van der Waals surface area contributed by atoms with Gasteiger partial charge in [-0.1, -0.05) is 22.3 Å². The molecule has 234 valence electrons. The Morgan fingerprint density at radius 1 is 0.745 bits per heavy atom. The third-order valence-electron chi connectivity index (χ3n) is 6.50. The van der Waals surface area contributed by atoms with Crippen LogP contribution in [0.4, 0.5) is 13.2 Å². The molecule has 0 spiro atoms. The zero-order valence-electron chi connectivity index (χ0n) is 23.9. The first-order valence-corrected chi connectivity index (χ1v) is 14.8. The maximum Gasteiger partial charge on any atom is 0.417 e. The molecular formula is C32H19F3N6O4S2. The molecule has 47 heavy (non-hydrogen) atoms. The van der Waals surface area contributed by atoms with Gasteiger partial charge in [0.1, 0.15) is 11.4 Å². The van der Waals surface area contributed by atoms with Gasteiger partial charge in [-0.2, -0.15) is 13.2 Å². The molecule has 4 aromatic heterocycles. The fourth-order valence-electron chi connectivity index (χ4n) is 4.24. The van der Waals surface area contributed by atoms with E-state index in [2.05, 4.69) is 32.5 Å². The molecule has 4 heterocycles. The standard InChI is InChI=1S/C24H15F3N6O4S.C8H4S/c1-12-8-13(2-4-15(12)22(34)35)32-10-18(28-30-32)20-6-7-21(38-20)19-11-33(31-29-19)14-3-5-16(23(36)37)17(9-14)24(25,26)27;1-3-7-5-6-8(4-2)9-7/h2-11H,1H3,(H,34,35)(H,36,37);1-2,5-6H. The van der Waals surface area contributed by atoms with E-state index < -0.39 is 29.2 Å². The molecule has 10 nitrogen and oxygen atoms in total. The smallest absolute Gasteiger partial charge is 0.417 e. The number of benzene rings is 2. The van der Waals surface area contributed by atoms with Crippen LogP contribution in [0.2, 0.25) is 0 Å². The maximum atomic E-state index is 13.4. The number of aryl methyl sites for hydroxylation is 1. The van der Waals surface area contributed by atoms with Crippen LogP contribution in [-0.2, 0) is 6.18 Å². The van der Waals surface area contributed by atoms with Gasteiger partial charge in [-0.15, -0.1) is 45.7 Å². The first-order chi connectivity index (χ1) is 22.4. The highest BCUT2D eigenvalue weighted by Gasteiger charge is 2.35. The number of halogens is 3. The summed E-state index contributed by atoms with van der Waals surface area (Å²) in [6, 6.07) is 14.9. The van der Waals surface area contributed by atoms with Crippen LogP contribution in [0.15, 0.2) is 73.1 Å². The number of carbonyl (C=O) groups is 2. The van der Waals surface area contributed by atoms with Crippen LogP contribution in [0.25, 0.3) is 32.5 Å². The number of hydrogen-bond donors (Lipinski definition) is 2. The zero-order valence-corrected chi connectivity index (χ0v) is 25.6. The lowest BCUT2D eigenvalue weighted by Crippen LogP contribution is -2.14. The summed E-state index contributed by atoms with van der Waals surface area (Å²) in [6.07, 6.45) is 8.49. The van der Waals surface area contributed by atoms with E-state index in [1.54, 1.807) is 37.4 Å². The highest BCUT2D eigenvalue weighted by atomic mass is 32.1. The van der Waals surface area contributed by atoms with E-state index in [4.69, 9.17) is 18.0 Å². The van der Waals surface area contributed by atoms with Crippen LogP contribution in [0.1, 0.15) is 41.6 Å². The number of thiophene rings is 2. The SMILES string of the molecule is C#Cc1ccc(C#C)s1.Cc1cc(-n2cc(-c3ccc(-c4cn(-c5ccc(C(=O)O)c(C(F)(F)F)c5)nn4)s3)nn2)ccc1C(=O)O. The van der Waals surface area contributed by atoms with Crippen molar-refractivity contribution >= 4 is 34.6 Å². The number of carboxylic acids is 2. The van der Waals surface area contributed by atoms with Crippen molar-refractivity contribution in [1.29, 1.82) is 0 Å². The van der Waals surface area contributed by atoms with E-state index in [9.17, 15) is 27.9 Å². The van der Waals surface area contributed by atoms with Crippen molar-refractivity contribution < 1.29 is 33.0 Å². The number of aromatic nitrogens is 6. The predicted octanol–water partition coefficient (Wildman–Crippen LogP) is 6.68. The van der Waals surface area contributed by atoms with Crippen LogP contribution in [-0.4, -0.2) is 52.1 Å². The largest absolute Gasteiger partial charge is 0.478 e. The van der Waals surface area contributed by atoms with E-state index in [0.717, 1.165) is 25.4 Å². The molecule has 0 saturated carbocycles. The minimum absolute atomic E-state index is 0.00464. The molecule has 2 N–H and O–H groups in total. The molecule has 0 aliphatic carbocycles. The number of rotatable bonds is 6. The van der Waals surface area contributed by atoms with E-state index in [-0.39, 0.29) is 11.3 Å². The van der Waals surface area contributed by atoms with Crippen molar-refractivity contribution in [2.45, 2.75) is 13.1 Å². The minimum atomic E-state index is -4.86. The minimum Gasteiger partial charge on any atom is -0.478 e. The van der Waals surface area contributed by atoms with Gasteiger partial charge in [0, 0.05) is 0 Å². The molecule has 6 aromatic rings. The molecular weight excluding hydrogens is 654 g/mol. The Balaban J connectivity index is 0.000000417. The summed E-state index contributed by atoms with van der Waals surface area (Å²) in [4.78, 5) is 25.6. The van der Waals surface area contributed by atoms with Crippen molar-refractivity contribution in [2.24, 2.45) is 0 Å². The highest BCUT2D eigenvalue weighted by molar-refractivity contribution is 7.18. The number of nitrogens with zero attached hydrogens (tertiary/aromatic N) is 6. The van der Waals surface area contributed by atoms with Gasteiger partial charge in [0.25, 0.3) is 0 Å². The van der Waals surface area contributed by atoms with E-state index >= 15 is 0 Å². The molecule has 0 bridgehead atoms. The second-order valence-corrected chi connectivity index (χ2v) is 11.7. The first-order valence-electron chi connectivity index (χ1n) is 13.2. The van der Waals surface area contributed by atoms with Crippen LogP contribution in [0.5, 0.6) is 0 Å². The average Bonchev–Trinajstić information content (AvgIpc) is 3.86. The predicted molar refractivity (Wildman–Crippen MR) is 169 cm³/mol. The summed E-state index contributed by atoms with van der Waals surface area (Å²) in [5.74, 6) is 2.31. The maximum absolute atomic E-state index is 13.4. The van der Waals surface area contributed by atoms with E-state index in [1.165, 1.54) is 45.7 Å². The summed E-state index contributed by atoms with van der Waals surface area (Å²) in [6.45, 7) is 1.69. The highest BCUT2D eigenvalue weighted by Crippen LogP contribution is 2.35. The van der Waals surface area contributed by atoms with Crippen molar-refractivity contribution in [2.75, 3.05) is 0 Å². The molecule has 0 unspecified atom stereocenters. The summed E-state index contributed by atoms with van der Waals surface area (Å²) in [5.41, 5.74) is 0.213. The van der Waals surface area contributed by atoms with Crippen molar-refractivity contribution in [3.63, 3.8) is 0 Å². The van der Waals surface area contributed by atoms with E-state index in [0.29, 0.717) is 33.6 Å². The topological polar surface area (TPSA) is 136 Å². The van der Waals surface area contributed by atoms with Gasteiger partial charge in [-0.3, -0.25) is 0 Å². The molecule has 2 aromatic carbocycles. The van der Waals surface area contributed by atoms with Crippen LogP contribution in [0.3, 0.4) is 0 Å². The van der Waals surface area contributed by atoms with Crippen molar-refractivity contribution in [1.82, 2.24) is 30.0 Å². The summed E-state index contributed by atoms with van der Waals surface area (Å²) < 4.78 is 42.8. The molecule has 0 saturated heterocycles. The second-order valence-electron chi connectivity index (χ2n) is 9.55. The normalized spacial score (nSPS) is 10.9. The third kappa shape index (κ3) is 7.12. The Labute approximate surface area is 272 Å². The molecule has 0 aliphatic heterocycles. The molecule has 0 fully saturated rings. The first kappa shape index (κ1) is 32.4. The average molecular weight is 673 g/mol. The number of hydrogen-bond acceptors (Lipinski definition) is 8. The quantitative estimate of drug-likeness (QED) is 0.187. The fraction of sp³-hybridized carbons (Fsp3) is 0.0625. The van der Waals surface area contributed by atoms with Crippen LogP contribution < -0.4 is 0 Å². The number of alkyl halides is 3. The molecule has 0 radical (unpaired) electrons. The number of terminal acetylenes is 2. The Bertz CT molecular complexity index is 2190. The van der Waals surface area contributed by atoms with Gasteiger partial charge in [0.2, 0.25) is 0 Å². The van der Waals surface area contributed by atoms with Crippen molar-refractivity contribution in [3.8, 4) is 57.2 Å². The molecule has 0 atom stereocenters. The van der Waals surface area contributed by atoms with Gasteiger partial charge < -0.3 is 10.2 Å². The van der Waals surface area contributed by atoms with Crippen LogP contribution >= 0.6 is 22.7 Å². The molecule has 15 heteroatoms. The fourth-order valence-corrected chi connectivity index (χ4v) is 5.77. The Morgan fingerprint density at radius 2 is 1.23 bits per heavy atom. The van der Waals surface area contributed by atoms with E-state index in [1.807, 2.05) is 12.1 Å². The number of carboxylic acid groups (broad SMARTS) is 2. The van der Waals surface area contributed by atoms with Crippen molar-refractivity contribution in [3.05, 3.63) is 105 Å². The Hall–Kier alpha value is -6.03. The Kier molecular flexibility index (Phi) is 9.05. The third-order valence-corrected chi connectivity index (χ3v) is 8.57. The zero-order chi connectivity index (χ0) is 33.9. The molecule has 0 amide bonds. The van der Waals surface area contributed by atoms with Gasteiger partial charge in [0.15, 0.2) is 0 Å². The van der Waals surface area contributed by atoms with Gasteiger partial charge >= 0.3 is 18.1 Å². The van der Waals surface area contributed by atoms with Gasteiger partial charge in [-0.25, -0.2) is 19.0 Å². The summed E-state index contributed by atoms with van der Waals surface area (Å²) >= 11 is 2.77. The lowest BCUT2D eigenvalue weighted by atomic mass is 10.1. The number of aromatic carboxylic acids is 2. The summed E-state index contributed by atoms with van der Waals surface area (Å²) in [7, 11) is 0. The summed E-state index contributed by atoms with van der Waals surface area (Å²) in [5, 5.41) is 34.5. The monoisotopic (exact) mass is 672 g/mol. The lowest BCUT2D eigenvalue weighted by Gasteiger charge is -2.11. The second kappa shape index (κ2) is 13.1.